The van der Waals surface area contributed by atoms with Crippen LogP contribution in [-0.2, 0) is 10.0 Å². The highest BCUT2D eigenvalue weighted by Gasteiger charge is 2.14. The van der Waals surface area contributed by atoms with Gasteiger partial charge in [-0.3, -0.25) is 9.82 Å². The van der Waals surface area contributed by atoms with Crippen LogP contribution in [0.25, 0.3) is 0 Å². The molecule has 78 valence electrons. The maximum atomic E-state index is 11.6. The second-order valence-corrected chi connectivity index (χ2v) is 4.35. The van der Waals surface area contributed by atoms with E-state index in [0.29, 0.717) is 5.69 Å². The molecule has 0 unspecified atom stereocenters. The number of hydrogen-bond acceptors (Lipinski definition) is 5. The predicted octanol–water partition coefficient (Wildman–Crippen LogP) is 0.000500. The van der Waals surface area contributed by atoms with Crippen molar-refractivity contribution in [2.45, 2.75) is 4.90 Å². The number of H-pyrrole nitrogens is 1. The molecule has 0 aliphatic rings. The smallest absolute Gasteiger partial charge is 0.265 e. The largest absolute Gasteiger partial charge is 0.284 e. The molecule has 0 atom stereocenters. The Bertz CT molecular complexity index is 522. The first-order valence-corrected chi connectivity index (χ1v) is 5.43. The van der Waals surface area contributed by atoms with Crippen molar-refractivity contribution in [3.8, 4) is 0 Å². The third-order valence-electron chi connectivity index (χ3n) is 1.60. The van der Waals surface area contributed by atoms with Gasteiger partial charge in [0.05, 0.1) is 24.3 Å². The minimum atomic E-state index is -3.59. The van der Waals surface area contributed by atoms with Gasteiger partial charge in [0.15, 0.2) is 0 Å². The van der Waals surface area contributed by atoms with Crippen LogP contribution in [0.2, 0.25) is 0 Å². The van der Waals surface area contributed by atoms with Gasteiger partial charge in [0, 0.05) is 6.20 Å². The Morgan fingerprint density at radius 3 is 2.53 bits per heavy atom. The normalized spacial score (nSPS) is 11.2. The minimum Gasteiger partial charge on any atom is -0.284 e. The Labute approximate surface area is 85.6 Å². The first kappa shape index (κ1) is 9.59. The fraction of sp³-hybridized carbons (Fsp3) is 0. The van der Waals surface area contributed by atoms with E-state index in [1.807, 2.05) is 0 Å². The summed E-state index contributed by atoms with van der Waals surface area (Å²) in [5.41, 5.74) is 0.304. The Balaban J connectivity index is 2.27. The standard InChI is InChI=1S/C7H7N5O2S/c13-15(14,7-3-10-11-4-7)12-6-1-8-5-9-2-6/h1-5,12H,(H,10,11). The highest BCUT2D eigenvalue weighted by atomic mass is 32.2. The maximum Gasteiger partial charge on any atom is 0.265 e. The Kier molecular flexibility index (Phi) is 2.34. The van der Waals surface area contributed by atoms with E-state index in [2.05, 4.69) is 24.9 Å². The molecule has 0 bridgehead atoms. The van der Waals surface area contributed by atoms with Crippen LogP contribution < -0.4 is 4.72 Å². The summed E-state index contributed by atoms with van der Waals surface area (Å²) < 4.78 is 25.6. The van der Waals surface area contributed by atoms with Crippen molar-refractivity contribution in [1.82, 2.24) is 20.2 Å². The van der Waals surface area contributed by atoms with E-state index in [0.717, 1.165) is 0 Å². The number of aromatic nitrogens is 4. The maximum absolute atomic E-state index is 11.6. The van der Waals surface area contributed by atoms with E-state index in [4.69, 9.17) is 0 Å². The van der Waals surface area contributed by atoms with Crippen molar-refractivity contribution >= 4 is 15.7 Å². The van der Waals surface area contributed by atoms with Gasteiger partial charge in [0.1, 0.15) is 11.2 Å². The Hall–Kier alpha value is -1.96. The number of hydrogen-bond donors (Lipinski definition) is 2. The van der Waals surface area contributed by atoms with Crippen LogP contribution in [0.1, 0.15) is 0 Å². The number of nitrogens with zero attached hydrogens (tertiary/aromatic N) is 3. The van der Waals surface area contributed by atoms with Gasteiger partial charge in [0.25, 0.3) is 10.0 Å². The van der Waals surface area contributed by atoms with Gasteiger partial charge >= 0.3 is 0 Å². The van der Waals surface area contributed by atoms with Crippen molar-refractivity contribution in [3.63, 3.8) is 0 Å². The van der Waals surface area contributed by atoms with Gasteiger partial charge < -0.3 is 0 Å². The molecule has 15 heavy (non-hydrogen) atoms. The number of anilines is 1. The molecule has 0 aromatic carbocycles. The molecule has 2 heterocycles. The summed E-state index contributed by atoms with van der Waals surface area (Å²) in [6.07, 6.45) is 6.54. The van der Waals surface area contributed by atoms with Crippen molar-refractivity contribution in [2.75, 3.05) is 4.72 Å². The van der Waals surface area contributed by atoms with E-state index in [1.165, 1.54) is 31.1 Å². The molecule has 2 rings (SSSR count). The van der Waals surface area contributed by atoms with Gasteiger partial charge in [-0.25, -0.2) is 18.4 Å². The summed E-state index contributed by atoms with van der Waals surface area (Å²) >= 11 is 0. The molecular formula is C7H7N5O2S. The van der Waals surface area contributed by atoms with Crippen molar-refractivity contribution < 1.29 is 8.42 Å². The molecule has 7 nitrogen and oxygen atoms in total. The first-order chi connectivity index (χ1) is 7.18. The monoisotopic (exact) mass is 225 g/mol. The number of sulfonamides is 1. The summed E-state index contributed by atoms with van der Waals surface area (Å²) in [6.45, 7) is 0. The zero-order valence-corrected chi connectivity index (χ0v) is 8.27. The van der Waals surface area contributed by atoms with Crippen LogP contribution in [-0.4, -0.2) is 28.6 Å². The Morgan fingerprint density at radius 1 is 1.20 bits per heavy atom. The first-order valence-electron chi connectivity index (χ1n) is 3.95. The van der Waals surface area contributed by atoms with E-state index in [9.17, 15) is 8.42 Å². The lowest BCUT2D eigenvalue weighted by Gasteiger charge is -2.03. The third kappa shape index (κ3) is 2.10. The molecule has 0 spiro atoms. The summed E-state index contributed by atoms with van der Waals surface area (Å²) in [7, 11) is -3.59. The van der Waals surface area contributed by atoms with Crippen molar-refractivity contribution in [1.29, 1.82) is 0 Å². The molecule has 0 saturated carbocycles. The molecular weight excluding hydrogens is 218 g/mol. The SMILES string of the molecule is O=S(=O)(Nc1cncnc1)c1cn[nH]c1. The molecule has 0 radical (unpaired) electrons. The Morgan fingerprint density at radius 2 is 1.93 bits per heavy atom. The minimum absolute atomic E-state index is 0.0614. The predicted molar refractivity (Wildman–Crippen MR) is 51.4 cm³/mol. The average molecular weight is 225 g/mol. The molecule has 0 amide bonds. The topological polar surface area (TPSA) is 101 Å². The molecule has 0 aliphatic carbocycles. The van der Waals surface area contributed by atoms with Gasteiger partial charge in [-0.2, -0.15) is 5.10 Å². The molecule has 2 aromatic rings. The molecule has 0 aliphatic heterocycles. The van der Waals surface area contributed by atoms with Gasteiger partial charge in [-0.15, -0.1) is 0 Å². The zero-order chi connectivity index (χ0) is 10.7. The quantitative estimate of drug-likeness (QED) is 0.765. The van der Waals surface area contributed by atoms with Gasteiger partial charge in [-0.05, 0) is 0 Å². The summed E-state index contributed by atoms with van der Waals surface area (Å²) in [6, 6.07) is 0. The van der Waals surface area contributed by atoms with Gasteiger partial charge in [-0.1, -0.05) is 0 Å². The lowest BCUT2D eigenvalue weighted by Crippen LogP contribution is -2.12. The van der Waals surface area contributed by atoms with Crippen LogP contribution in [0.4, 0.5) is 5.69 Å². The number of rotatable bonds is 3. The number of nitrogens with one attached hydrogen (secondary N) is 2. The molecule has 0 saturated heterocycles. The van der Waals surface area contributed by atoms with Crippen molar-refractivity contribution in [3.05, 3.63) is 31.1 Å². The number of aromatic amines is 1. The van der Waals surface area contributed by atoms with Crippen LogP contribution in [0.5, 0.6) is 0 Å². The van der Waals surface area contributed by atoms with E-state index in [-0.39, 0.29) is 4.90 Å². The second kappa shape index (κ2) is 3.65. The van der Waals surface area contributed by atoms with Crippen LogP contribution in [0.3, 0.4) is 0 Å². The zero-order valence-electron chi connectivity index (χ0n) is 7.45. The van der Waals surface area contributed by atoms with E-state index >= 15 is 0 Å². The van der Waals surface area contributed by atoms with Crippen LogP contribution in [0, 0.1) is 0 Å². The lowest BCUT2D eigenvalue weighted by molar-refractivity contribution is 0.601. The third-order valence-corrected chi connectivity index (χ3v) is 2.94. The molecule has 2 aromatic heterocycles. The summed E-state index contributed by atoms with van der Waals surface area (Å²) in [5.74, 6) is 0. The lowest BCUT2D eigenvalue weighted by atomic mass is 10.6. The second-order valence-electron chi connectivity index (χ2n) is 2.67. The average Bonchev–Trinajstić information content (AvgIpc) is 2.71. The molecule has 0 fully saturated rings. The fourth-order valence-electron chi connectivity index (χ4n) is 0.952. The molecule has 8 heteroatoms. The van der Waals surface area contributed by atoms with E-state index < -0.39 is 10.0 Å². The van der Waals surface area contributed by atoms with E-state index in [1.54, 1.807) is 0 Å². The summed E-state index contributed by atoms with van der Waals surface area (Å²) in [4.78, 5) is 7.44. The fourth-order valence-corrected chi connectivity index (χ4v) is 1.88. The van der Waals surface area contributed by atoms with Gasteiger partial charge in [0.2, 0.25) is 0 Å². The highest BCUT2D eigenvalue weighted by Crippen LogP contribution is 2.11. The van der Waals surface area contributed by atoms with Crippen molar-refractivity contribution in [2.24, 2.45) is 0 Å². The van der Waals surface area contributed by atoms with Crippen LogP contribution >= 0.6 is 0 Å². The summed E-state index contributed by atoms with van der Waals surface area (Å²) in [5, 5.41) is 5.98. The van der Waals surface area contributed by atoms with Crippen LogP contribution in [0.15, 0.2) is 36.0 Å². The highest BCUT2D eigenvalue weighted by molar-refractivity contribution is 7.92. The molecule has 2 N–H and O–H groups in total.